The molecule has 0 fully saturated rings. The number of ether oxygens (including phenoxy) is 1. The molecule has 3 aromatic carbocycles. The Morgan fingerprint density at radius 2 is 1.74 bits per heavy atom. The van der Waals surface area contributed by atoms with E-state index in [4.69, 9.17) is 27.9 Å². The maximum Gasteiger partial charge on any atom is 0.257 e. The highest BCUT2D eigenvalue weighted by Crippen LogP contribution is 2.34. The number of para-hydroxylation sites is 1. The molecule has 0 unspecified atom stereocenters. The summed E-state index contributed by atoms with van der Waals surface area (Å²) in [5.74, 6) is 0.996. The van der Waals surface area contributed by atoms with Crippen LogP contribution in [0.5, 0.6) is 11.5 Å². The van der Waals surface area contributed by atoms with E-state index in [-0.39, 0.29) is 5.91 Å². The van der Waals surface area contributed by atoms with Gasteiger partial charge in [0.25, 0.3) is 5.91 Å². The molecule has 4 rings (SSSR count). The number of hydrogen-bond acceptors (Lipinski definition) is 4. The number of nitrogens with zero attached hydrogens (tertiary/aromatic N) is 1. The predicted octanol–water partition coefficient (Wildman–Crippen LogP) is 6.65. The average Bonchev–Trinajstić information content (AvgIpc) is 3.05. The summed E-state index contributed by atoms with van der Waals surface area (Å²) in [7, 11) is 0. The van der Waals surface area contributed by atoms with Crippen molar-refractivity contribution in [3.05, 3.63) is 82.3 Å². The van der Waals surface area contributed by atoms with Crippen LogP contribution in [0.1, 0.15) is 10.4 Å². The fraction of sp³-hybridized carbons (Fsp3) is 0. The Bertz CT molecular complexity index is 1130. The molecule has 0 aliphatic heterocycles. The zero-order chi connectivity index (χ0) is 18.8. The lowest BCUT2D eigenvalue weighted by Gasteiger charge is -2.07. The Hall–Kier alpha value is -2.60. The smallest absolute Gasteiger partial charge is 0.257 e. The van der Waals surface area contributed by atoms with Gasteiger partial charge in [0.15, 0.2) is 5.13 Å². The standard InChI is InChI=1S/C20H12Cl2N2O2S/c21-13-10-16(22)18-17(11-13)27-20(23-18)24-19(25)12-5-4-8-15(9-12)26-14-6-2-1-3-7-14/h1-11H,(H,23,24,25). The molecule has 0 radical (unpaired) electrons. The van der Waals surface area contributed by atoms with Crippen molar-refractivity contribution in [2.45, 2.75) is 0 Å². The lowest BCUT2D eigenvalue weighted by Crippen LogP contribution is -2.11. The molecule has 1 heterocycles. The van der Waals surface area contributed by atoms with Crippen LogP contribution in [0.2, 0.25) is 10.0 Å². The minimum absolute atomic E-state index is 0.283. The molecule has 4 nitrogen and oxygen atoms in total. The van der Waals surface area contributed by atoms with Crippen LogP contribution >= 0.6 is 34.5 Å². The van der Waals surface area contributed by atoms with Crippen molar-refractivity contribution < 1.29 is 9.53 Å². The topological polar surface area (TPSA) is 51.2 Å². The van der Waals surface area contributed by atoms with E-state index < -0.39 is 0 Å². The van der Waals surface area contributed by atoms with Crippen LogP contribution in [0.15, 0.2) is 66.7 Å². The number of aromatic nitrogens is 1. The molecular weight excluding hydrogens is 403 g/mol. The number of carbonyl (C=O) groups excluding carboxylic acids is 1. The summed E-state index contributed by atoms with van der Waals surface area (Å²) in [6.45, 7) is 0. The second-order valence-corrected chi connectivity index (χ2v) is 7.52. The summed E-state index contributed by atoms with van der Waals surface area (Å²) in [5, 5.41) is 4.23. The maximum absolute atomic E-state index is 12.6. The summed E-state index contributed by atoms with van der Waals surface area (Å²) in [5.41, 5.74) is 1.08. The molecule has 1 N–H and O–H groups in total. The number of thiazole rings is 1. The van der Waals surface area contributed by atoms with Gasteiger partial charge in [-0.3, -0.25) is 10.1 Å². The highest BCUT2D eigenvalue weighted by atomic mass is 35.5. The second kappa shape index (κ2) is 7.56. The van der Waals surface area contributed by atoms with Gasteiger partial charge in [-0.2, -0.15) is 0 Å². The molecule has 0 aliphatic carbocycles. The van der Waals surface area contributed by atoms with Crippen molar-refractivity contribution in [1.29, 1.82) is 0 Å². The van der Waals surface area contributed by atoms with E-state index in [2.05, 4.69) is 10.3 Å². The fourth-order valence-electron chi connectivity index (χ4n) is 2.51. The average molecular weight is 415 g/mol. The number of anilines is 1. The quantitative estimate of drug-likeness (QED) is 0.406. The van der Waals surface area contributed by atoms with E-state index in [0.717, 1.165) is 4.70 Å². The fourth-order valence-corrected chi connectivity index (χ4v) is 4.09. The van der Waals surface area contributed by atoms with Gasteiger partial charge in [0.2, 0.25) is 0 Å². The molecule has 4 aromatic rings. The molecular formula is C20H12Cl2N2O2S. The largest absolute Gasteiger partial charge is 0.457 e. The van der Waals surface area contributed by atoms with Crippen molar-refractivity contribution in [2.75, 3.05) is 5.32 Å². The van der Waals surface area contributed by atoms with Gasteiger partial charge < -0.3 is 4.74 Å². The summed E-state index contributed by atoms with van der Waals surface area (Å²) >= 11 is 13.5. The molecule has 134 valence electrons. The van der Waals surface area contributed by atoms with Gasteiger partial charge in [0.05, 0.1) is 9.72 Å². The van der Waals surface area contributed by atoms with Crippen molar-refractivity contribution in [2.24, 2.45) is 0 Å². The van der Waals surface area contributed by atoms with Gasteiger partial charge in [-0.05, 0) is 42.5 Å². The minimum atomic E-state index is -0.283. The molecule has 1 amide bonds. The van der Waals surface area contributed by atoms with Crippen LogP contribution in [0, 0.1) is 0 Å². The molecule has 27 heavy (non-hydrogen) atoms. The third kappa shape index (κ3) is 4.06. The van der Waals surface area contributed by atoms with E-state index in [1.807, 2.05) is 30.3 Å². The van der Waals surface area contributed by atoms with Gasteiger partial charge in [-0.1, -0.05) is 58.8 Å². The monoisotopic (exact) mass is 414 g/mol. The number of halogens is 2. The van der Waals surface area contributed by atoms with Gasteiger partial charge in [0, 0.05) is 10.6 Å². The number of rotatable bonds is 4. The van der Waals surface area contributed by atoms with E-state index >= 15 is 0 Å². The zero-order valence-electron chi connectivity index (χ0n) is 13.8. The number of carbonyl (C=O) groups is 1. The van der Waals surface area contributed by atoms with Crippen LogP contribution in [0.3, 0.4) is 0 Å². The molecule has 0 atom stereocenters. The molecule has 1 aromatic heterocycles. The first kappa shape index (κ1) is 17.8. The van der Waals surface area contributed by atoms with E-state index in [1.54, 1.807) is 36.4 Å². The zero-order valence-corrected chi connectivity index (χ0v) is 16.1. The molecule has 7 heteroatoms. The van der Waals surface area contributed by atoms with Gasteiger partial charge >= 0.3 is 0 Å². The Morgan fingerprint density at radius 1 is 0.963 bits per heavy atom. The first-order chi connectivity index (χ1) is 13.1. The predicted molar refractivity (Wildman–Crippen MR) is 111 cm³/mol. The van der Waals surface area contributed by atoms with Crippen molar-refractivity contribution in [3.8, 4) is 11.5 Å². The maximum atomic E-state index is 12.6. The van der Waals surface area contributed by atoms with Crippen LogP contribution in [0.4, 0.5) is 5.13 Å². The van der Waals surface area contributed by atoms with Gasteiger partial charge in [0.1, 0.15) is 17.0 Å². The summed E-state index contributed by atoms with van der Waals surface area (Å²) in [6.07, 6.45) is 0. The Kier molecular flexibility index (Phi) is 4.99. The molecule has 0 aliphatic rings. The number of nitrogens with one attached hydrogen (secondary N) is 1. The third-order valence-electron chi connectivity index (χ3n) is 3.71. The van der Waals surface area contributed by atoms with Crippen LogP contribution in [-0.2, 0) is 0 Å². The van der Waals surface area contributed by atoms with Crippen molar-refractivity contribution in [3.63, 3.8) is 0 Å². The summed E-state index contributed by atoms with van der Waals surface area (Å²) < 4.78 is 6.58. The Balaban J connectivity index is 1.55. The highest BCUT2D eigenvalue weighted by molar-refractivity contribution is 7.22. The first-order valence-electron chi connectivity index (χ1n) is 7.98. The third-order valence-corrected chi connectivity index (χ3v) is 5.13. The van der Waals surface area contributed by atoms with Crippen LogP contribution in [-0.4, -0.2) is 10.9 Å². The Morgan fingerprint density at radius 3 is 2.56 bits per heavy atom. The molecule has 0 bridgehead atoms. The minimum Gasteiger partial charge on any atom is -0.457 e. The van der Waals surface area contributed by atoms with Crippen molar-refractivity contribution in [1.82, 2.24) is 4.98 Å². The number of benzene rings is 3. The molecule has 0 saturated heterocycles. The number of amides is 1. The number of fused-ring (bicyclic) bond motifs is 1. The summed E-state index contributed by atoms with van der Waals surface area (Å²) in [4.78, 5) is 17.0. The Labute approximate surface area is 169 Å². The highest BCUT2D eigenvalue weighted by Gasteiger charge is 2.13. The van der Waals surface area contributed by atoms with Gasteiger partial charge in [-0.15, -0.1) is 0 Å². The second-order valence-electron chi connectivity index (χ2n) is 5.65. The lowest BCUT2D eigenvalue weighted by atomic mass is 10.2. The summed E-state index contributed by atoms with van der Waals surface area (Å²) in [6, 6.07) is 19.7. The van der Waals surface area contributed by atoms with Crippen LogP contribution < -0.4 is 10.1 Å². The first-order valence-corrected chi connectivity index (χ1v) is 9.55. The lowest BCUT2D eigenvalue weighted by molar-refractivity contribution is 0.102. The van der Waals surface area contributed by atoms with E-state index in [9.17, 15) is 4.79 Å². The number of hydrogen-bond donors (Lipinski definition) is 1. The van der Waals surface area contributed by atoms with Crippen LogP contribution in [0.25, 0.3) is 10.2 Å². The molecule has 0 spiro atoms. The van der Waals surface area contributed by atoms with E-state index in [1.165, 1.54) is 11.3 Å². The normalized spacial score (nSPS) is 10.7. The van der Waals surface area contributed by atoms with Gasteiger partial charge in [-0.25, -0.2) is 4.98 Å². The van der Waals surface area contributed by atoms with E-state index in [0.29, 0.717) is 37.8 Å². The SMILES string of the molecule is O=C(Nc1nc2c(Cl)cc(Cl)cc2s1)c1cccc(Oc2ccccc2)c1. The molecule has 0 saturated carbocycles. The van der Waals surface area contributed by atoms with Crippen molar-refractivity contribution >= 4 is 55.8 Å².